The molecular weight excluding hydrogens is 352 g/mol. The number of carbonyl (C=O) groups is 1. The molecule has 0 aliphatic carbocycles. The van der Waals surface area contributed by atoms with Gasteiger partial charge in [-0.1, -0.05) is 24.3 Å². The Labute approximate surface area is 164 Å². The number of imidazole rings is 1. The number of benzene rings is 2. The van der Waals surface area contributed by atoms with E-state index in [-0.39, 0.29) is 17.8 Å². The predicted molar refractivity (Wildman–Crippen MR) is 109 cm³/mol. The highest BCUT2D eigenvalue weighted by Gasteiger charge is 2.26. The number of fused-ring (bicyclic) bond motifs is 1. The smallest absolute Gasteiger partial charge is 0.317 e. The second-order valence-corrected chi connectivity index (χ2v) is 7.50. The van der Waals surface area contributed by atoms with E-state index in [0.717, 1.165) is 42.8 Å². The van der Waals surface area contributed by atoms with Gasteiger partial charge in [0, 0.05) is 19.1 Å². The lowest BCUT2D eigenvalue weighted by atomic mass is 10.0. The second kappa shape index (κ2) is 7.54. The minimum atomic E-state index is -0.155. The van der Waals surface area contributed by atoms with Gasteiger partial charge in [-0.25, -0.2) is 9.78 Å². The molecule has 2 amide bonds. The van der Waals surface area contributed by atoms with Crippen molar-refractivity contribution in [3.63, 3.8) is 0 Å². The van der Waals surface area contributed by atoms with Crippen LogP contribution in [0.4, 0.5) is 4.79 Å². The fourth-order valence-electron chi connectivity index (χ4n) is 4.11. The third-order valence-electron chi connectivity index (χ3n) is 5.60. The molecule has 0 unspecified atom stereocenters. The molecule has 2 heterocycles. The third-order valence-corrected chi connectivity index (χ3v) is 5.60. The largest absolute Gasteiger partial charge is 0.508 e. The van der Waals surface area contributed by atoms with Gasteiger partial charge in [0.15, 0.2) is 0 Å². The van der Waals surface area contributed by atoms with Crippen LogP contribution in [-0.2, 0) is 0 Å². The first-order valence-electron chi connectivity index (χ1n) is 9.81. The number of urea groups is 1. The first-order valence-corrected chi connectivity index (χ1v) is 9.81. The quantitative estimate of drug-likeness (QED) is 0.719. The van der Waals surface area contributed by atoms with Gasteiger partial charge in [-0.15, -0.1) is 0 Å². The van der Waals surface area contributed by atoms with E-state index >= 15 is 0 Å². The van der Waals surface area contributed by atoms with E-state index in [1.165, 1.54) is 5.52 Å². The molecular formula is C22H26N4O2. The van der Waals surface area contributed by atoms with Crippen molar-refractivity contribution in [1.82, 2.24) is 19.8 Å². The topological polar surface area (TPSA) is 70.4 Å². The predicted octanol–water partition coefficient (Wildman–Crippen LogP) is 4.16. The molecule has 6 nitrogen and oxygen atoms in total. The van der Waals surface area contributed by atoms with E-state index in [2.05, 4.69) is 27.9 Å². The molecule has 146 valence electrons. The van der Waals surface area contributed by atoms with Gasteiger partial charge in [0.05, 0.1) is 17.1 Å². The maximum atomic E-state index is 12.7. The lowest BCUT2D eigenvalue weighted by Crippen LogP contribution is -2.45. The highest BCUT2D eigenvalue weighted by atomic mass is 16.3. The van der Waals surface area contributed by atoms with Crippen molar-refractivity contribution < 1.29 is 9.90 Å². The molecule has 0 radical (unpaired) electrons. The third kappa shape index (κ3) is 3.54. The molecule has 4 rings (SSSR count). The van der Waals surface area contributed by atoms with Gasteiger partial charge < -0.3 is 19.9 Å². The Balaban J connectivity index is 1.39. The van der Waals surface area contributed by atoms with Gasteiger partial charge in [-0.3, -0.25) is 0 Å². The maximum absolute atomic E-state index is 12.7. The number of amides is 2. The Bertz CT molecular complexity index is 989. The van der Waals surface area contributed by atoms with Gasteiger partial charge in [-0.05, 0) is 56.5 Å². The minimum Gasteiger partial charge on any atom is -0.508 e. The van der Waals surface area contributed by atoms with Crippen molar-refractivity contribution in [3.8, 4) is 5.75 Å². The standard InChI is InChI=1S/C22H26N4O2/c1-15(17-6-5-7-19(27)14-17)23-22(28)25-12-10-18(11-13-25)26-16(2)24-20-8-3-4-9-21(20)26/h3-9,14-15,18,27H,10-13H2,1-2H3,(H,23,28)/t15-/m1/s1. The molecule has 1 aliphatic heterocycles. The molecule has 0 bridgehead atoms. The lowest BCUT2D eigenvalue weighted by molar-refractivity contribution is 0.169. The number of carbonyl (C=O) groups excluding carboxylic acids is 1. The van der Waals surface area contributed by atoms with Crippen LogP contribution in [0.1, 0.15) is 43.2 Å². The van der Waals surface area contributed by atoms with Gasteiger partial charge in [-0.2, -0.15) is 0 Å². The van der Waals surface area contributed by atoms with Crippen molar-refractivity contribution in [3.05, 3.63) is 59.9 Å². The highest BCUT2D eigenvalue weighted by molar-refractivity contribution is 5.76. The number of piperidine rings is 1. The van der Waals surface area contributed by atoms with Crippen molar-refractivity contribution in [2.24, 2.45) is 0 Å². The number of nitrogens with one attached hydrogen (secondary N) is 1. The zero-order chi connectivity index (χ0) is 19.7. The number of hydrogen-bond acceptors (Lipinski definition) is 3. The molecule has 1 saturated heterocycles. The number of aromatic hydroxyl groups is 1. The van der Waals surface area contributed by atoms with Crippen molar-refractivity contribution in [1.29, 1.82) is 0 Å². The van der Waals surface area contributed by atoms with Gasteiger partial charge in [0.2, 0.25) is 0 Å². The number of aryl methyl sites for hydroxylation is 1. The van der Waals surface area contributed by atoms with E-state index < -0.39 is 0 Å². The van der Waals surface area contributed by atoms with Crippen molar-refractivity contribution >= 4 is 17.1 Å². The summed E-state index contributed by atoms with van der Waals surface area (Å²) in [6.07, 6.45) is 1.82. The van der Waals surface area contributed by atoms with Crippen LogP contribution in [0.3, 0.4) is 0 Å². The van der Waals surface area contributed by atoms with Gasteiger partial charge >= 0.3 is 6.03 Å². The Hall–Kier alpha value is -3.02. The first kappa shape index (κ1) is 18.3. The summed E-state index contributed by atoms with van der Waals surface area (Å²) in [4.78, 5) is 19.2. The molecule has 1 aliphatic rings. The minimum absolute atomic E-state index is 0.0542. The summed E-state index contributed by atoms with van der Waals surface area (Å²) in [6, 6.07) is 15.4. The number of phenolic OH excluding ortho intramolecular Hbond substituents is 1. The summed E-state index contributed by atoms with van der Waals surface area (Å²) < 4.78 is 2.32. The molecule has 28 heavy (non-hydrogen) atoms. The number of likely N-dealkylation sites (tertiary alicyclic amines) is 1. The number of nitrogens with zero attached hydrogens (tertiary/aromatic N) is 3. The fourth-order valence-corrected chi connectivity index (χ4v) is 4.11. The van der Waals surface area contributed by atoms with Gasteiger partial charge in [0.25, 0.3) is 0 Å². The summed E-state index contributed by atoms with van der Waals surface area (Å²) in [5.41, 5.74) is 3.09. The van der Waals surface area contributed by atoms with Crippen LogP contribution in [0, 0.1) is 6.92 Å². The Kier molecular flexibility index (Phi) is 4.94. The summed E-state index contributed by atoms with van der Waals surface area (Å²) in [7, 11) is 0. The summed E-state index contributed by atoms with van der Waals surface area (Å²) in [5, 5.41) is 12.7. The van der Waals surface area contributed by atoms with Crippen LogP contribution in [0.5, 0.6) is 5.75 Å². The Morgan fingerprint density at radius 3 is 2.68 bits per heavy atom. The molecule has 0 saturated carbocycles. The number of phenols is 1. The molecule has 2 aromatic carbocycles. The van der Waals surface area contributed by atoms with Crippen molar-refractivity contribution in [2.75, 3.05) is 13.1 Å². The number of rotatable bonds is 3. The average Bonchev–Trinajstić information content (AvgIpc) is 3.03. The van der Waals surface area contributed by atoms with E-state index in [9.17, 15) is 9.90 Å². The number of hydrogen-bond donors (Lipinski definition) is 2. The van der Waals surface area contributed by atoms with Crippen LogP contribution in [0.15, 0.2) is 48.5 Å². The van der Waals surface area contributed by atoms with Crippen LogP contribution in [-0.4, -0.2) is 38.7 Å². The van der Waals surface area contributed by atoms with Crippen LogP contribution < -0.4 is 5.32 Å². The highest BCUT2D eigenvalue weighted by Crippen LogP contribution is 2.29. The van der Waals surface area contributed by atoms with Crippen LogP contribution >= 0.6 is 0 Å². The normalized spacial score (nSPS) is 16.3. The van der Waals surface area contributed by atoms with E-state index in [0.29, 0.717) is 6.04 Å². The first-order chi connectivity index (χ1) is 13.5. The monoisotopic (exact) mass is 378 g/mol. The molecule has 6 heteroatoms. The molecule has 3 aromatic rings. The molecule has 1 fully saturated rings. The number of aromatic nitrogens is 2. The van der Waals surface area contributed by atoms with E-state index in [1.54, 1.807) is 18.2 Å². The summed E-state index contributed by atoms with van der Waals surface area (Å²) in [6.45, 7) is 5.42. The van der Waals surface area contributed by atoms with E-state index in [4.69, 9.17) is 0 Å². The fraction of sp³-hybridized carbons (Fsp3) is 0.364. The second-order valence-electron chi connectivity index (χ2n) is 7.50. The average molecular weight is 378 g/mol. The maximum Gasteiger partial charge on any atom is 0.317 e. The Morgan fingerprint density at radius 1 is 1.18 bits per heavy atom. The van der Waals surface area contributed by atoms with Crippen molar-refractivity contribution in [2.45, 2.75) is 38.8 Å². The SMILES string of the molecule is Cc1nc2ccccc2n1C1CCN(C(=O)N[C@H](C)c2cccc(O)c2)CC1. The molecule has 0 spiro atoms. The summed E-state index contributed by atoms with van der Waals surface area (Å²) >= 11 is 0. The molecule has 1 aromatic heterocycles. The molecule has 2 N–H and O–H groups in total. The Morgan fingerprint density at radius 2 is 1.93 bits per heavy atom. The van der Waals surface area contributed by atoms with Crippen LogP contribution in [0.2, 0.25) is 0 Å². The summed E-state index contributed by atoms with van der Waals surface area (Å²) in [5.74, 6) is 1.24. The van der Waals surface area contributed by atoms with Gasteiger partial charge in [0.1, 0.15) is 11.6 Å². The molecule has 1 atom stereocenters. The van der Waals surface area contributed by atoms with E-state index in [1.807, 2.05) is 36.1 Å². The number of para-hydroxylation sites is 2. The zero-order valence-electron chi connectivity index (χ0n) is 16.3. The van der Waals surface area contributed by atoms with Crippen LogP contribution in [0.25, 0.3) is 11.0 Å². The lowest BCUT2D eigenvalue weighted by Gasteiger charge is -2.34. The zero-order valence-corrected chi connectivity index (χ0v) is 16.3.